The molecule has 0 unspecified atom stereocenters. The number of aliphatic carboxylic acids is 2. The van der Waals surface area contributed by atoms with E-state index in [2.05, 4.69) is 18.8 Å². The van der Waals surface area contributed by atoms with Crippen LogP contribution in [0.3, 0.4) is 0 Å². The Hall–Kier alpha value is -2.48. The number of para-hydroxylation sites is 1. The molecule has 0 radical (unpaired) electrons. The molecule has 0 bridgehead atoms. The fourth-order valence-electron chi connectivity index (χ4n) is 2.32. The van der Waals surface area contributed by atoms with Crippen molar-refractivity contribution in [2.45, 2.75) is 51.9 Å². The first kappa shape index (κ1) is 20.6. The Kier molecular flexibility index (Phi) is 9.84. The minimum atomic E-state index is -1.39. The molecule has 0 aromatic heterocycles. The van der Waals surface area contributed by atoms with Gasteiger partial charge in [-0.25, -0.2) is 0 Å². The summed E-state index contributed by atoms with van der Waals surface area (Å²) in [4.78, 5) is 21.7. The molecular formula is C20H26O5. The lowest BCUT2D eigenvalue weighted by Gasteiger charge is -2.10. The van der Waals surface area contributed by atoms with Crippen LogP contribution in [0.15, 0.2) is 24.3 Å². The van der Waals surface area contributed by atoms with Crippen molar-refractivity contribution in [3.05, 3.63) is 29.8 Å². The number of hydrogen-bond donors (Lipinski definition) is 2. The SMILES string of the molecule is CCCCCCC#Cc1ccccc1OCCCC(C(=O)O)C(=O)O. The first-order valence-corrected chi connectivity index (χ1v) is 8.72. The molecule has 1 rings (SSSR count). The number of unbranched alkanes of at least 4 members (excludes halogenated alkanes) is 4. The minimum Gasteiger partial charge on any atom is -0.492 e. The van der Waals surface area contributed by atoms with E-state index < -0.39 is 17.9 Å². The van der Waals surface area contributed by atoms with E-state index in [-0.39, 0.29) is 13.0 Å². The summed E-state index contributed by atoms with van der Waals surface area (Å²) in [5, 5.41) is 17.7. The monoisotopic (exact) mass is 346 g/mol. The molecule has 1 aromatic rings. The van der Waals surface area contributed by atoms with E-state index in [0.717, 1.165) is 18.4 Å². The predicted molar refractivity (Wildman–Crippen MR) is 95.6 cm³/mol. The number of benzene rings is 1. The average Bonchev–Trinajstić information content (AvgIpc) is 2.58. The zero-order valence-electron chi connectivity index (χ0n) is 14.7. The minimum absolute atomic E-state index is 0.0376. The smallest absolute Gasteiger partial charge is 0.317 e. The second kappa shape index (κ2) is 12.0. The van der Waals surface area contributed by atoms with Crippen LogP contribution in [-0.4, -0.2) is 28.8 Å². The summed E-state index contributed by atoms with van der Waals surface area (Å²) >= 11 is 0. The molecule has 0 aliphatic heterocycles. The summed E-state index contributed by atoms with van der Waals surface area (Å²) in [7, 11) is 0. The van der Waals surface area contributed by atoms with Crippen LogP contribution >= 0.6 is 0 Å². The maximum absolute atomic E-state index is 10.8. The van der Waals surface area contributed by atoms with Crippen LogP contribution in [0.5, 0.6) is 5.75 Å². The largest absolute Gasteiger partial charge is 0.492 e. The lowest BCUT2D eigenvalue weighted by molar-refractivity contribution is -0.154. The summed E-state index contributed by atoms with van der Waals surface area (Å²) in [5.41, 5.74) is 0.797. The van der Waals surface area contributed by atoms with Gasteiger partial charge in [0.2, 0.25) is 0 Å². The maximum atomic E-state index is 10.8. The first-order valence-electron chi connectivity index (χ1n) is 8.72. The second-order valence-corrected chi connectivity index (χ2v) is 5.83. The van der Waals surface area contributed by atoms with E-state index >= 15 is 0 Å². The van der Waals surface area contributed by atoms with Crippen LogP contribution in [0.25, 0.3) is 0 Å². The third kappa shape index (κ3) is 8.25. The number of carboxylic acids is 2. The van der Waals surface area contributed by atoms with E-state index in [1.165, 1.54) is 19.3 Å². The highest BCUT2D eigenvalue weighted by atomic mass is 16.5. The van der Waals surface area contributed by atoms with Gasteiger partial charge in [0.05, 0.1) is 12.2 Å². The molecule has 0 saturated heterocycles. The first-order chi connectivity index (χ1) is 12.1. The summed E-state index contributed by atoms with van der Waals surface area (Å²) in [6.07, 6.45) is 5.96. The zero-order valence-corrected chi connectivity index (χ0v) is 14.7. The summed E-state index contributed by atoms with van der Waals surface area (Å²) in [5.74, 6) is 2.89. The third-order valence-electron chi connectivity index (χ3n) is 3.76. The highest BCUT2D eigenvalue weighted by Gasteiger charge is 2.24. The van der Waals surface area contributed by atoms with Crippen molar-refractivity contribution < 1.29 is 24.5 Å². The lowest BCUT2D eigenvalue weighted by atomic mass is 10.0. The number of carbonyl (C=O) groups is 2. The van der Waals surface area contributed by atoms with Gasteiger partial charge >= 0.3 is 11.9 Å². The van der Waals surface area contributed by atoms with Crippen molar-refractivity contribution in [3.63, 3.8) is 0 Å². The van der Waals surface area contributed by atoms with Gasteiger partial charge in [-0.05, 0) is 31.4 Å². The third-order valence-corrected chi connectivity index (χ3v) is 3.76. The molecule has 5 nitrogen and oxygen atoms in total. The van der Waals surface area contributed by atoms with Gasteiger partial charge in [-0.3, -0.25) is 9.59 Å². The normalized spacial score (nSPS) is 10.2. The summed E-state index contributed by atoms with van der Waals surface area (Å²) in [6.45, 7) is 2.43. The molecule has 0 fully saturated rings. The Morgan fingerprint density at radius 1 is 1.08 bits per heavy atom. The highest BCUT2D eigenvalue weighted by Crippen LogP contribution is 2.18. The van der Waals surface area contributed by atoms with E-state index in [9.17, 15) is 9.59 Å². The Morgan fingerprint density at radius 3 is 2.48 bits per heavy atom. The van der Waals surface area contributed by atoms with Crippen molar-refractivity contribution in [1.82, 2.24) is 0 Å². The van der Waals surface area contributed by atoms with Gasteiger partial charge in [0.1, 0.15) is 5.75 Å². The Morgan fingerprint density at radius 2 is 1.80 bits per heavy atom. The van der Waals surface area contributed by atoms with Crippen LogP contribution in [-0.2, 0) is 9.59 Å². The highest BCUT2D eigenvalue weighted by molar-refractivity contribution is 5.92. The number of ether oxygens (including phenoxy) is 1. The van der Waals surface area contributed by atoms with Crippen LogP contribution < -0.4 is 4.74 Å². The van der Waals surface area contributed by atoms with Crippen LogP contribution in [0.1, 0.15) is 57.4 Å². The van der Waals surface area contributed by atoms with Gasteiger partial charge in [0, 0.05) is 6.42 Å². The fraction of sp³-hybridized carbons (Fsp3) is 0.500. The van der Waals surface area contributed by atoms with Gasteiger partial charge in [-0.15, -0.1) is 0 Å². The van der Waals surface area contributed by atoms with E-state index in [1.54, 1.807) is 0 Å². The predicted octanol–water partition coefficient (Wildman–Crippen LogP) is 3.95. The standard InChI is InChI=1S/C20H26O5/c1-2-3-4-5-6-7-11-16-12-8-9-14-18(16)25-15-10-13-17(19(21)22)20(23)24/h8-9,12,14,17H,2-6,10,13,15H2,1H3,(H,21,22)(H,23,24). The van der Waals surface area contributed by atoms with Gasteiger partial charge < -0.3 is 14.9 Å². The van der Waals surface area contributed by atoms with E-state index in [1.807, 2.05) is 24.3 Å². The molecule has 0 aliphatic rings. The molecule has 2 N–H and O–H groups in total. The number of hydrogen-bond acceptors (Lipinski definition) is 3. The summed E-state index contributed by atoms with van der Waals surface area (Å²) in [6, 6.07) is 7.43. The molecule has 136 valence electrons. The van der Waals surface area contributed by atoms with Crippen molar-refractivity contribution in [2.75, 3.05) is 6.61 Å². The molecule has 0 atom stereocenters. The number of rotatable bonds is 11. The van der Waals surface area contributed by atoms with Crippen LogP contribution in [0, 0.1) is 17.8 Å². The zero-order chi connectivity index (χ0) is 18.5. The second-order valence-electron chi connectivity index (χ2n) is 5.83. The molecular weight excluding hydrogens is 320 g/mol. The molecule has 0 aliphatic carbocycles. The van der Waals surface area contributed by atoms with E-state index in [0.29, 0.717) is 12.2 Å². The summed E-state index contributed by atoms with van der Waals surface area (Å²) < 4.78 is 5.65. The van der Waals surface area contributed by atoms with Crippen molar-refractivity contribution in [2.24, 2.45) is 5.92 Å². The quantitative estimate of drug-likeness (QED) is 0.360. The lowest BCUT2D eigenvalue weighted by Crippen LogP contribution is -2.23. The maximum Gasteiger partial charge on any atom is 0.317 e. The van der Waals surface area contributed by atoms with Crippen LogP contribution in [0.4, 0.5) is 0 Å². The molecule has 5 heteroatoms. The van der Waals surface area contributed by atoms with E-state index in [4.69, 9.17) is 14.9 Å². The molecule has 0 saturated carbocycles. The van der Waals surface area contributed by atoms with Gasteiger partial charge in [0.25, 0.3) is 0 Å². The van der Waals surface area contributed by atoms with Gasteiger partial charge in [-0.2, -0.15) is 0 Å². The van der Waals surface area contributed by atoms with Crippen LogP contribution in [0.2, 0.25) is 0 Å². The Labute approximate surface area is 149 Å². The fourth-order valence-corrected chi connectivity index (χ4v) is 2.32. The molecule has 0 heterocycles. The topological polar surface area (TPSA) is 83.8 Å². The molecule has 0 amide bonds. The van der Waals surface area contributed by atoms with Gasteiger partial charge in [-0.1, -0.05) is 50.2 Å². The molecule has 25 heavy (non-hydrogen) atoms. The van der Waals surface area contributed by atoms with Gasteiger partial charge in [0.15, 0.2) is 5.92 Å². The molecule has 1 aromatic carbocycles. The molecule has 0 spiro atoms. The van der Waals surface area contributed by atoms with Crippen molar-refractivity contribution in [3.8, 4) is 17.6 Å². The Balaban J connectivity index is 2.47. The van der Waals surface area contributed by atoms with Crippen molar-refractivity contribution >= 4 is 11.9 Å². The number of carboxylic acid groups (broad SMARTS) is 2. The Bertz CT molecular complexity index is 598. The average molecular weight is 346 g/mol. The van der Waals surface area contributed by atoms with Crippen molar-refractivity contribution in [1.29, 1.82) is 0 Å².